The molecule has 0 spiro atoms. The molecule has 1 N–H and O–H groups in total. The molecule has 0 atom stereocenters. The van der Waals surface area contributed by atoms with Gasteiger partial charge in [0.1, 0.15) is 17.3 Å². The van der Waals surface area contributed by atoms with Gasteiger partial charge in [-0.1, -0.05) is 24.3 Å². The van der Waals surface area contributed by atoms with Crippen molar-refractivity contribution in [3.8, 4) is 5.75 Å². The topological polar surface area (TPSA) is 58.6 Å². The van der Waals surface area contributed by atoms with Gasteiger partial charge in [-0.25, -0.2) is 9.29 Å². The van der Waals surface area contributed by atoms with Crippen LogP contribution in [-0.2, 0) is 9.59 Å². The molecule has 156 valence electrons. The number of aryl methyl sites for hydroxylation is 2. The summed E-state index contributed by atoms with van der Waals surface area (Å²) >= 11 is 0. The molecule has 3 aromatic rings. The van der Waals surface area contributed by atoms with Crippen molar-refractivity contribution in [2.24, 2.45) is 0 Å². The van der Waals surface area contributed by atoms with Crippen molar-refractivity contribution in [1.82, 2.24) is 0 Å². The fourth-order valence-corrected chi connectivity index (χ4v) is 3.47. The number of rotatable bonds is 5. The lowest BCUT2D eigenvalue weighted by atomic mass is 9.99. The Morgan fingerprint density at radius 3 is 2.29 bits per heavy atom. The fourth-order valence-electron chi connectivity index (χ4n) is 3.47. The molecule has 0 radical (unpaired) electrons. The smallest absolute Gasteiger partial charge is 0.282 e. The molecule has 1 heterocycles. The molecule has 2 amide bonds. The van der Waals surface area contributed by atoms with Crippen LogP contribution in [0.4, 0.5) is 15.8 Å². The van der Waals surface area contributed by atoms with E-state index in [9.17, 15) is 14.0 Å². The quantitative estimate of drug-likeness (QED) is 0.604. The van der Waals surface area contributed by atoms with Crippen molar-refractivity contribution in [2.45, 2.75) is 13.8 Å². The molecule has 0 fully saturated rings. The number of carbonyl (C=O) groups excluding carboxylic acids is 2. The Labute approximate surface area is 179 Å². The number of nitrogens with one attached hydrogen (secondary N) is 1. The van der Waals surface area contributed by atoms with Gasteiger partial charge in [-0.05, 0) is 66.9 Å². The van der Waals surface area contributed by atoms with Crippen molar-refractivity contribution < 1.29 is 18.7 Å². The lowest BCUT2D eigenvalue weighted by molar-refractivity contribution is -0.120. The van der Waals surface area contributed by atoms with Gasteiger partial charge >= 0.3 is 0 Å². The van der Waals surface area contributed by atoms with Crippen molar-refractivity contribution >= 4 is 28.8 Å². The van der Waals surface area contributed by atoms with E-state index in [1.54, 1.807) is 24.3 Å². The van der Waals surface area contributed by atoms with E-state index in [4.69, 9.17) is 4.74 Å². The second kappa shape index (κ2) is 8.07. The maximum absolute atomic E-state index is 13.5. The summed E-state index contributed by atoms with van der Waals surface area (Å²) < 4.78 is 18.6. The van der Waals surface area contributed by atoms with E-state index >= 15 is 0 Å². The van der Waals surface area contributed by atoms with Gasteiger partial charge in [-0.3, -0.25) is 9.59 Å². The Morgan fingerprint density at radius 1 is 0.871 bits per heavy atom. The maximum atomic E-state index is 13.5. The molecule has 1 aliphatic heterocycles. The van der Waals surface area contributed by atoms with Crippen LogP contribution in [0, 0.1) is 19.7 Å². The highest BCUT2D eigenvalue weighted by Gasteiger charge is 2.40. The van der Waals surface area contributed by atoms with Crippen molar-refractivity contribution in [1.29, 1.82) is 0 Å². The highest BCUT2D eigenvalue weighted by Crippen LogP contribution is 2.35. The molecule has 31 heavy (non-hydrogen) atoms. The Hall–Kier alpha value is -3.93. The van der Waals surface area contributed by atoms with Crippen molar-refractivity contribution in [3.05, 3.63) is 94.9 Å². The largest absolute Gasteiger partial charge is 0.497 e. The molecule has 0 saturated heterocycles. The van der Waals surface area contributed by atoms with Gasteiger partial charge in [0, 0.05) is 11.8 Å². The summed E-state index contributed by atoms with van der Waals surface area (Å²) in [5.74, 6) is -0.784. The van der Waals surface area contributed by atoms with Crippen LogP contribution in [0.25, 0.3) is 5.57 Å². The van der Waals surface area contributed by atoms with Crippen LogP contribution in [0.1, 0.15) is 16.7 Å². The van der Waals surface area contributed by atoms with E-state index in [0.29, 0.717) is 22.7 Å². The Bertz CT molecular complexity index is 1220. The van der Waals surface area contributed by atoms with Gasteiger partial charge in [0.2, 0.25) is 0 Å². The Morgan fingerprint density at radius 2 is 1.61 bits per heavy atom. The first-order chi connectivity index (χ1) is 14.9. The monoisotopic (exact) mass is 416 g/mol. The average Bonchev–Trinajstić information content (AvgIpc) is 3.01. The molecule has 0 aromatic heterocycles. The summed E-state index contributed by atoms with van der Waals surface area (Å²) in [4.78, 5) is 28.0. The molecular formula is C25H21FN2O3. The predicted molar refractivity (Wildman–Crippen MR) is 118 cm³/mol. The molecule has 0 saturated carbocycles. The molecule has 0 aliphatic carbocycles. The molecule has 1 aliphatic rings. The number of amides is 2. The van der Waals surface area contributed by atoms with E-state index in [1.165, 1.54) is 31.4 Å². The van der Waals surface area contributed by atoms with Gasteiger partial charge < -0.3 is 10.1 Å². The molecule has 5 nitrogen and oxygen atoms in total. The first kappa shape index (κ1) is 20.3. The summed E-state index contributed by atoms with van der Waals surface area (Å²) in [6.07, 6.45) is 0. The minimum atomic E-state index is -0.490. The fraction of sp³-hybridized carbons (Fsp3) is 0.120. The lowest BCUT2D eigenvalue weighted by Crippen LogP contribution is -2.32. The second-order valence-electron chi connectivity index (χ2n) is 7.33. The van der Waals surface area contributed by atoms with Crippen LogP contribution in [0.2, 0.25) is 0 Å². The lowest BCUT2D eigenvalue weighted by Gasteiger charge is -2.16. The van der Waals surface area contributed by atoms with Crippen molar-refractivity contribution in [2.75, 3.05) is 17.3 Å². The zero-order valence-electron chi connectivity index (χ0n) is 17.4. The van der Waals surface area contributed by atoms with E-state index in [-0.39, 0.29) is 17.1 Å². The summed E-state index contributed by atoms with van der Waals surface area (Å²) in [5.41, 5.74) is 4.04. The van der Waals surface area contributed by atoms with E-state index < -0.39 is 11.8 Å². The van der Waals surface area contributed by atoms with Crippen LogP contribution in [0.3, 0.4) is 0 Å². The number of ether oxygens (including phenoxy) is 1. The van der Waals surface area contributed by atoms with E-state index in [1.807, 2.05) is 32.0 Å². The molecule has 3 aromatic carbocycles. The number of anilines is 2. The zero-order chi connectivity index (χ0) is 22.1. The minimum absolute atomic E-state index is 0.141. The zero-order valence-corrected chi connectivity index (χ0v) is 17.4. The van der Waals surface area contributed by atoms with Crippen LogP contribution < -0.4 is 15.0 Å². The van der Waals surface area contributed by atoms with Crippen LogP contribution >= 0.6 is 0 Å². The average molecular weight is 416 g/mol. The van der Waals surface area contributed by atoms with Gasteiger partial charge in [0.05, 0.1) is 18.4 Å². The normalized spacial score (nSPS) is 13.7. The molecule has 6 heteroatoms. The van der Waals surface area contributed by atoms with Gasteiger partial charge in [-0.15, -0.1) is 0 Å². The first-order valence-electron chi connectivity index (χ1n) is 9.76. The molecule has 0 bridgehead atoms. The summed E-state index contributed by atoms with van der Waals surface area (Å²) in [5, 5.41) is 3.03. The van der Waals surface area contributed by atoms with Gasteiger partial charge in [-0.2, -0.15) is 0 Å². The van der Waals surface area contributed by atoms with Crippen LogP contribution in [-0.4, -0.2) is 18.9 Å². The van der Waals surface area contributed by atoms with Crippen molar-refractivity contribution in [3.63, 3.8) is 0 Å². The SMILES string of the molecule is COc1cccc(N2C(=O)C(Nc3ccc(F)cc3)=C(c3ccc(C)c(C)c3)C2=O)c1. The third kappa shape index (κ3) is 3.80. The standard InChI is InChI=1S/C25H21FN2O3/c1-15-7-8-17(13-16(15)2)22-23(27-19-11-9-18(26)10-12-19)25(30)28(24(22)29)20-5-4-6-21(14-20)31-3/h4-14,27H,1-3H3. The number of imide groups is 1. The Kier molecular flexibility index (Phi) is 5.29. The number of benzene rings is 3. The van der Waals surface area contributed by atoms with Gasteiger partial charge in [0.15, 0.2) is 0 Å². The number of methoxy groups -OCH3 is 1. The molecule has 0 unspecified atom stereocenters. The van der Waals surface area contributed by atoms with Gasteiger partial charge in [0.25, 0.3) is 11.8 Å². The van der Waals surface area contributed by atoms with Crippen LogP contribution in [0.15, 0.2) is 72.4 Å². The van der Waals surface area contributed by atoms with E-state index in [2.05, 4.69) is 5.32 Å². The third-order valence-corrected chi connectivity index (χ3v) is 5.30. The first-order valence-corrected chi connectivity index (χ1v) is 9.76. The number of halogens is 1. The maximum Gasteiger partial charge on any atom is 0.282 e. The Balaban J connectivity index is 1.83. The highest BCUT2D eigenvalue weighted by molar-refractivity contribution is 6.46. The molecule has 4 rings (SSSR count). The summed E-state index contributed by atoms with van der Waals surface area (Å²) in [7, 11) is 1.52. The number of nitrogens with zero attached hydrogens (tertiary/aromatic N) is 1. The summed E-state index contributed by atoms with van der Waals surface area (Å²) in [6, 6.07) is 18.0. The van der Waals surface area contributed by atoms with E-state index in [0.717, 1.165) is 16.0 Å². The summed E-state index contributed by atoms with van der Waals surface area (Å²) in [6.45, 7) is 3.93. The minimum Gasteiger partial charge on any atom is -0.497 e. The predicted octanol–water partition coefficient (Wildman–Crippen LogP) is 4.85. The molecular weight excluding hydrogens is 395 g/mol. The third-order valence-electron chi connectivity index (χ3n) is 5.30. The number of hydrogen-bond acceptors (Lipinski definition) is 4. The highest BCUT2D eigenvalue weighted by atomic mass is 19.1. The number of hydrogen-bond donors (Lipinski definition) is 1. The number of carbonyl (C=O) groups is 2. The van der Waals surface area contributed by atoms with Crippen LogP contribution in [0.5, 0.6) is 5.75 Å². The second-order valence-corrected chi connectivity index (χ2v) is 7.33.